The summed E-state index contributed by atoms with van der Waals surface area (Å²) < 4.78 is 43.4. The molecule has 0 aliphatic carbocycles. The number of rotatable bonds is 5. The maximum Gasteiger partial charge on any atom is 0.434 e. The Morgan fingerprint density at radius 3 is 2.85 bits per heavy atom. The Labute approximate surface area is 196 Å². The zero-order chi connectivity index (χ0) is 24.0. The molecule has 1 aliphatic rings. The summed E-state index contributed by atoms with van der Waals surface area (Å²) >= 11 is 5.99. The molecule has 8 nitrogen and oxygen atoms in total. The molecule has 1 N–H and O–H groups in total. The van der Waals surface area contributed by atoms with Crippen LogP contribution in [0.15, 0.2) is 30.6 Å². The first-order chi connectivity index (χ1) is 16.2. The Morgan fingerprint density at radius 1 is 1.26 bits per heavy atom. The van der Waals surface area contributed by atoms with E-state index >= 15 is 0 Å². The van der Waals surface area contributed by atoms with E-state index in [-0.39, 0.29) is 17.9 Å². The van der Waals surface area contributed by atoms with Crippen LogP contribution in [-0.2, 0) is 30.5 Å². The Morgan fingerprint density at radius 2 is 2.09 bits per heavy atom. The zero-order valence-corrected chi connectivity index (χ0v) is 18.7. The van der Waals surface area contributed by atoms with Gasteiger partial charge in [-0.05, 0) is 42.5 Å². The molecule has 0 bridgehead atoms. The van der Waals surface area contributed by atoms with E-state index in [0.717, 1.165) is 17.3 Å². The molecule has 3 aromatic heterocycles. The van der Waals surface area contributed by atoms with Gasteiger partial charge in [-0.3, -0.25) is 4.79 Å². The number of alkyl halides is 3. The van der Waals surface area contributed by atoms with Crippen molar-refractivity contribution in [3.63, 3.8) is 0 Å². The molecule has 4 heterocycles. The summed E-state index contributed by atoms with van der Waals surface area (Å²) in [5.74, 6) is 0.898. The van der Waals surface area contributed by atoms with Gasteiger partial charge in [-0.25, -0.2) is 15.0 Å². The molecule has 0 saturated carbocycles. The topological polar surface area (TPSA) is 90.5 Å². The molecule has 4 aromatic rings. The minimum atomic E-state index is -4.50. The largest absolute Gasteiger partial charge is 0.434 e. The zero-order valence-electron chi connectivity index (χ0n) is 18.0. The van der Waals surface area contributed by atoms with Gasteiger partial charge in [0.05, 0.1) is 19.3 Å². The summed E-state index contributed by atoms with van der Waals surface area (Å²) in [5, 5.41) is 2.68. The van der Waals surface area contributed by atoms with Gasteiger partial charge in [-0.15, -0.1) is 0 Å². The average molecular weight is 490 g/mol. The van der Waals surface area contributed by atoms with Crippen LogP contribution in [0.1, 0.15) is 42.0 Å². The van der Waals surface area contributed by atoms with Gasteiger partial charge >= 0.3 is 6.18 Å². The number of aryl methyl sites for hydroxylation is 1. The normalized spacial score (nSPS) is 15.6. The highest BCUT2D eigenvalue weighted by molar-refractivity contribution is 6.28. The predicted molar refractivity (Wildman–Crippen MR) is 118 cm³/mol. The van der Waals surface area contributed by atoms with Crippen LogP contribution in [0.25, 0.3) is 22.6 Å². The number of nitrogens with zero attached hydrogens (tertiary/aromatic N) is 6. The molecule has 1 amide bonds. The van der Waals surface area contributed by atoms with Crippen LogP contribution in [0.3, 0.4) is 0 Å². The third kappa shape index (κ3) is 4.00. The first-order valence-corrected chi connectivity index (χ1v) is 11.0. The Balaban J connectivity index is 1.55. The number of amides is 1. The summed E-state index contributed by atoms with van der Waals surface area (Å²) in [6, 6.07) is 5.52. The lowest BCUT2D eigenvalue weighted by Gasteiger charge is -2.12. The van der Waals surface area contributed by atoms with E-state index in [4.69, 9.17) is 11.6 Å². The van der Waals surface area contributed by atoms with Crippen molar-refractivity contribution in [1.29, 1.82) is 0 Å². The lowest BCUT2D eigenvalue weighted by molar-refractivity contribution is -0.140. The van der Waals surface area contributed by atoms with Crippen molar-refractivity contribution in [3.8, 4) is 11.4 Å². The molecule has 34 heavy (non-hydrogen) atoms. The van der Waals surface area contributed by atoms with Crippen molar-refractivity contribution in [3.05, 3.63) is 58.5 Å². The molecule has 0 fully saturated rings. The van der Waals surface area contributed by atoms with Gasteiger partial charge in [-0.2, -0.15) is 18.2 Å². The second-order valence-electron chi connectivity index (χ2n) is 8.19. The maximum atomic E-state index is 13.3. The number of aromatic nitrogens is 6. The van der Waals surface area contributed by atoms with Crippen molar-refractivity contribution in [1.82, 2.24) is 34.4 Å². The van der Waals surface area contributed by atoms with E-state index in [1.807, 2.05) is 29.7 Å². The summed E-state index contributed by atoms with van der Waals surface area (Å²) in [4.78, 5) is 27.5. The molecule has 0 radical (unpaired) electrons. The van der Waals surface area contributed by atoms with Crippen LogP contribution in [-0.4, -0.2) is 35.5 Å². The number of carbonyl (C=O) groups is 1. The molecule has 12 heteroatoms. The van der Waals surface area contributed by atoms with Gasteiger partial charge in [0.2, 0.25) is 11.7 Å². The highest BCUT2D eigenvalue weighted by Gasteiger charge is 2.36. The van der Waals surface area contributed by atoms with Crippen LogP contribution in [0.5, 0.6) is 0 Å². The minimum absolute atomic E-state index is 0.0757. The first kappa shape index (κ1) is 22.3. The number of halogens is 4. The maximum absolute atomic E-state index is 13.3. The van der Waals surface area contributed by atoms with E-state index in [2.05, 4.69) is 25.3 Å². The predicted octanol–water partition coefficient (Wildman–Crippen LogP) is 4.16. The van der Waals surface area contributed by atoms with Gasteiger partial charge in [0.15, 0.2) is 11.3 Å². The smallest absolute Gasteiger partial charge is 0.351 e. The fraction of sp³-hybridized carbons (Fsp3) is 0.318. The monoisotopic (exact) mass is 489 g/mol. The van der Waals surface area contributed by atoms with Crippen molar-refractivity contribution in [2.45, 2.75) is 45.1 Å². The van der Waals surface area contributed by atoms with Crippen LogP contribution in [0.2, 0.25) is 5.28 Å². The summed E-state index contributed by atoms with van der Waals surface area (Å²) in [6.07, 6.45) is 0.0774. The average Bonchev–Trinajstić information content (AvgIpc) is 3.35. The van der Waals surface area contributed by atoms with Crippen LogP contribution >= 0.6 is 11.6 Å². The summed E-state index contributed by atoms with van der Waals surface area (Å²) in [7, 11) is 0. The molecule has 0 spiro atoms. The molecular formula is C22H19ClF3N7O. The number of hydrogen-bond donors (Lipinski definition) is 1. The van der Waals surface area contributed by atoms with Crippen molar-refractivity contribution in [2.75, 3.05) is 0 Å². The van der Waals surface area contributed by atoms with Gasteiger partial charge in [-0.1, -0.05) is 18.2 Å². The van der Waals surface area contributed by atoms with E-state index in [9.17, 15) is 18.0 Å². The second kappa shape index (κ2) is 8.39. The third-order valence-corrected chi connectivity index (χ3v) is 6.14. The van der Waals surface area contributed by atoms with Crippen molar-refractivity contribution < 1.29 is 18.0 Å². The fourth-order valence-corrected chi connectivity index (χ4v) is 4.43. The molecule has 1 unspecified atom stereocenters. The summed E-state index contributed by atoms with van der Waals surface area (Å²) in [5.41, 5.74) is 2.69. The molecule has 1 aromatic carbocycles. The van der Waals surface area contributed by atoms with E-state index in [0.29, 0.717) is 54.2 Å². The van der Waals surface area contributed by atoms with E-state index in [1.54, 1.807) is 4.57 Å². The highest BCUT2D eigenvalue weighted by Crippen LogP contribution is 2.37. The molecule has 176 valence electrons. The second-order valence-corrected chi connectivity index (χ2v) is 8.53. The quantitative estimate of drug-likeness (QED) is 0.336. The number of nitrogens with one attached hydrogen (secondary N) is 1. The number of fused-ring (bicyclic) bond motifs is 4. The van der Waals surface area contributed by atoms with Crippen LogP contribution in [0.4, 0.5) is 13.2 Å². The Kier molecular flexibility index (Phi) is 5.51. The number of benzene rings is 1. The summed E-state index contributed by atoms with van der Waals surface area (Å²) in [6.45, 7) is 2.47. The SMILES string of the molecule is CC1CCc2cc(Cn3c(CNC=O)nc4cnc(Cl)nc43)ccc2-c2nc(C(F)(F)F)cn21. The van der Waals surface area contributed by atoms with Crippen LogP contribution < -0.4 is 5.32 Å². The highest BCUT2D eigenvalue weighted by atomic mass is 35.5. The van der Waals surface area contributed by atoms with Crippen molar-refractivity contribution in [2.24, 2.45) is 0 Å². The molecule has 1 aliphatic heterocycles. The Hall–Kier alpha value is -3.47. The standard InChI is InChI=1S/C22H19ClF3N7O/c1-12-2-4-14-6-13(3-5-15(14)19-30-17(10-32(12)19)22(24,25)26)9-33-18(8-27-11-34)29-16-7-28-21(23)31-20(16)33/h3,5-7,10-12H,2,4,8-9H2,1H3,(H,27,34). The molecule has 5 rings (SSSR count). The first-order valence-electron chi connectivity index (χ1n) is 10.6. The lowest BCUT2D eigenvalue weighted by atomic mass is 9.99. The van der Waals surface area contributed by atoms with Gasteiger partial charge in [0.25, 0.3) is 0 Å². The van der Waals surface area contributed by atoms with Crippen molar-refractivity contribution >= 4 is 29.2 Å². The van der Waals surface area contributed by atoms with Gasteiger partial charge in [0.1, 0.15) is 17.2 Å². The third-order valence-electron chi connectivity index (χ3n) is 5.96. The lowest BCUT2D eigenvalue weighted by Crippen LogP contribution is -2.16. The van der Waals surface area contributed by atoms with E-state index < -0.39 is 11.9 Å². The van der Waals surface area contributed by atoms with Gasteiger partial charge < -0.3 is 14.5 Å². The van der Waals surface area contributed by atoms with E-state index in [1.165, 1.54) is 6.20 Å². The van der Waals surface area contributed by atoms with Gasteiger partial charge in [0, 0.05) is 17.8 Å². The molecule has 0 saturated heterocycles. The molecule has 1 atom stereocenters. The fourth-order valence-electron chi connectivity index (χ4n) is 4.30. The minimum Gasteiger partial charge on any atom is -0.351 e. The van der Waals surface area contributed by atoms with Crippen LogP contribution in [0, 0.1) is 0 Å². The molecular weight excluding hydrogens is 471 g/mol. The number of hydrogen-bond acceptors (Lipinski definition) is 5. The Bertz CT molecular complexity index is 1400. The number of carbonyl (C=O) groups excluding carboxylic acids is 1. The number of imidazole rings is 2.